The van der Waals surface area contributed by atoms with Crippen LogP contribution in [0.3, 0.4) is 0 Å². The summed E-state index contributed by atoms with van der Waals surface area (Å²) < 4.78 is 9.22. The first-order valence-electron chi connectivity index (χ1n) is 4.23. The zero-order valence-electron chi connectivity index (χ0n) is 8.01. The summed E-state index contributed by atoms with van der Waals surface area (Å²) in [5.74, 6) is 0.764. The average molecular weight is 192 g/mol. The van der Waals surface area contributed by atoms with Crippen LogP contribution in [0.15, 0.2) is 0 Å². The van der Waals surface area contributed by atoms with E-state index < -0.39 is 10.0 Å². The number of hydrogen-bond acceptors (Lipinski definition) is 4. The fraction of sp³-hybridized carbons (Fsp3) is 1.00. The topological polar surface area (TPSA) is 56.5 Å². The van der Waals surface area contributed by atoms with Crippen LogP contribution in [-0.2, 0) is 8.85 Å². The Morgan fingerprint density at radius 2 is 2.17 bits per heavy atom. The van der Waals surface area contributed by atoms with Crippen molar-refractivity contribution in [1.82, 2.24) is 5.32 Å². The van der Waals surface area contributed by atoms with Gasteiger partial charge in [-0.25, -0.2) is 0 Å². The maximum absolute atomic E-state index is 5.39. The second kappa shape index (κ2) is 9.15. The van der Waals surface area contributed by atoms with E-state index in [4.69, 9.17) is 5.73 Å². The molecule has 0 spiro atoms. The van der Waals surface area contributed by atoms with Crippen molar-refractivity contribution in [2.24, 2.45) is 11.7 Å². The molecule has 1 heterocycles. The van der Waals surface area contributed by atoms with E-state index in [1.54, 1.807) is 14.2 Å². The van der Waals surface area contributed by atoms with Gasteiger partial charge in [-0.3, -0.25) is 0 Å². The molecule has 5 heteroatoms. The van der Waals surface area contributed by atoms with Crippen LogP contribution in [0.25, 0.3) is 0 Å². The van der Waals surface area contributed by atoms with E-state index in [1.807, 2.05) is 0 Å². The van der Waals surface area contributed by atoms with Crippen LogP contribution in [0.1, 0.15) is 6.42 Å². The number of rotatable bonds is 3. The van der Waals surface area contributed by atoms with Gasteiger partial charge in [0.05, 0.1) is 0 Å². The summed E-state index contributed by atoms with van der Waals surface area (Å²) in [4.78, 5) is 0. The van der Waals surface area contributed by atoms with Gasteiger partial charge < -0.3 is 19.9 Å². The highest BCUT2D eigenvalue weighted by molar-refractivity contribution is 6.17. The summed E-state index contributed by atoms with van der Waals surface area (Å²) in [5.41, 5.74) is 5.39. The summed E-state index contributed by atoms with van der Waals surface area (Å²) in [6, 6.07) is 0. The molecule has 0 saturated carbocycles. The van der Waals surface area contributed by atoms with E-state index in [0.717, 1.165) is 19.0 Å². The minimum Gasteiger partial charge on any atom is -0.402 e. The zero-order valence-corrected chi connectivity index (χ0v) is 9.42. The quantitative estimate of drug-likeness (QED) is 0.554. The van der Waals surface area contributed by atoms with Gasteiger partial charge in [0.25, 0.3) is 0 Å². The predicted octanol–water partition coefficient (Wildman–Crippen LogP) is -1.17. The smallest absolute Gasteiger partial charge is 0.303 e. The van der Waals surface area contributed by atoms with Crippen LogP contribution < -0.4 is 11.1 Å². The van der Waals surface area contributed by atoms with Crippen LogP contribution in [0.2, 0.25) is 0 Å². The standard InChI is InChI=1S/C5H12N2.C2H8O2Si/c6-3-5-1-2-7-4-5;1-3-5-4-2/h5,7H,1-4,6H2;5H2,1-2H3. The third-order valence-corrected chi connectivity index (χ3v) is 2.20. The first-order valence-corrected chi connectivity index (χ1v) is 5.39. The predicted molar refractivity (Wildman–Crippen MR) is 52.6 cm³/mol. The normalized spacial score (nSPS) is 21.8. The van der Waals surface area contributed by atoms with Crippen LogP contribution in [0, 0.1) is 5.92 Å². The SMILES string of the molecule is CO[SiH2]OC.NCC1CCNC1. The summed E-state index contributed by atoms with van der Waals surface area (Å²) in [6.45, 7) is 3.16. The second-order valence-electron chi connectivity index (χ2n) is 2.79. The molecule has 1 aliphatic heterocycles. The molecule has 0 aromatic carbocycles. The molecule has 4 nitrogen and oxygen atoms in total. The maximum Gasteiger partial charge on any atom is 0.303 e. The Hall–Kier alpha value is 0.0569. The monoisotopic (exact) mass is 192 g/mol. The molecule has 0 radical (unpaired) electrons. The molecule has 1 atom stereocenters. The van der Waals surface area contributed by atoms with E-state index in [0.29, 0.717) is 0 Å². The Morgan fingerprint density at radius 3 is 2.33 bits per heavy atom. The summed E-state index contributed by atoms with van der Waals surface area (Å²) in [7, 11) is 2.73. The third kappa shape index (κ3) is 6.75. The van der Waals surface area contributed by atoms with E-state index in [2.05, 4.69) is 14.2 Å². The van der Waals surface area contributed by atoms with Gasteiger partial charge in [0, 0.05) is 14.2 Å². The Kier molecular flexibility index (Phi) is 9.19. The molecule has 1 aliphatic rings. The van der Waals surface area contributed by atoms with Gasteiger partial charge in [-0.15, -0.1) is 0 Å². The van der Waals surface area contributed by atoms with E-state index in [1.165, 1.54) is 13.0 Å². The van der Waals surface area contributed by atoms with Crippen molar-refractivity contribution in [3.63, 3.8) is 0 Å². The highest BCUT2D eigenvalue weighted by atomic mass is 28.3. The minimum atomic E-state index is -0.568. The van der Waals surface area contributed by atoms with Crippen molar-refractivity contribution in [2.45, 2.75) is 6.42 Å². The Balaban J connectivity index is 0.000000217. The first kappa shape index (κ1) is 12.1. The average Bonchev–Trinajstić information content (AvgIpc) is 2.58. The fourth-order valence-corrected chi connectivity index (χ4v) is 1.27. The van der Waals surface area contributed by atoms with Gasteiger partial charge >= 0.3 is 10.0 Å². The molecule has 3 N–H and O–H groups in total. The fourth-order valence-electron chi connectivity index (χ4n) is 1.03. The molecule has 12 heavy (non-hydrogen) atoms. The van der Waals surface area contributed by atoms with Crippen molar-refractivity contribution in [3.05, 3.63) is 0 Å². The number of hydrogen-bond donors (Lipinski definition) is 2. The second-order valence-corrected chi connectivity index (χ2v) is 4.18. The number of nitrogens with one attached hydrogen (secondary N) is 1. The molecular formula is C7H20N2O2Si. The molecule has 0 aromatic heterocycles. The van der Waals surface area contributed by atoms with Gasteiger partial charge in [-0.1, -0.05) is 0 Å². The molecule has 1 unspecified atom stereocenters. The summed E-state index contributed by atoms with van der Waals surface area (Å²) in [5, 5.41) is 3.24. The summed E-state index contributed by atoms with van der Waals surface area (Å²) >= 11 is 0. The Labute approximate surface area is 76.9 Å². The van der Waals surface area contributed by atoms with Crippen LogP contribution in [0.4, 0.5) is 0 Å². The highest BCUT2D eigenvalue weighted by Crippen LogP contribution is 2.02. The van der Waals surface area contributed by atoms with Crippen molar-refractivity contribution >= 4 is 10.0 Å². The molecule has 0 aromatic rings. The molecule has 1 rings (SSSR count). The molecule has 1 saturated heterocycles. The molecule has 0 amide bonds. The van der Waals surface area contributed by atoms with Gasteiger partial charge in [0.2, 0.25) is 0 Å². The minimum absolute atomic E-state index is 0.568. The Bertz CT molecular complexity index is 87.5. The van der Waals surface area contributed by atoms with Crippen molar-refractivity contribution in [1.29, 1.82) is 0 Å². The molecule has 74 valence electrons. The summed E-state index contributed by atoms with van der Waals surface area (Å²) in [6.07, 6.45) is 1.27. The third-order valence-electron chi connectivity index (χ3n) is 1.73. The van der Waals surface area contributed by atoms with Gasteiger partial charge in [-0.2, -0.15) is 0 Å². The van der Waals surface area contributed by atoms with Crippen molar-refractivity contribution in [2.75, 3.05) is 33.9 Å². The molecule has 0 aliphatic carbocycles. The Morgan fingerprint density at radius 1 is 1.50 bits per heavy atom. The molecule has 1 fully saturated rings. The van der Waals surface area contributed by atoms with E-state index in [9.17, 15) is 0 Å². The van der Waals surface area contributed by atoms with Gasteiger partial charge in [0.15, 0.2) is 0 Å². The van der Waals surface area contributed by atoms with Crippen LogP contribution in [0.5, 0.6) is 0 Å². The van der Waals surface area contributed by atoms with E-state index in [-0.39, 0.29) is 0 Å². The van der Waals surface area contributed by atoms with Gasteiger partial charge in [-0.05, 0) is 32.0 Å². The highest BCUT2D eigenvalue weighted by Gasteiger charge is 2.10. The van der Waals surface area contributed by atoms with Crippen LogP contribution >= 0.6 is 0 Å². The number of nitrogens with two attached hydrogens (primary N) is 1. The molecular weight excluding hydrogens is 172 g/mol. The van der Waals surface area contributed by atoms with Gasteiger partial charge in [0.1, 0.15) is 0 Å². The van der Waals surface area contributed by atoms with E-state index >= 15 is 0 Å². The lowest BCUT2D eigenvalue weighted by atomic mass is 10.1. The van der Waals surface area contributed by atoms with Crippen molar-refractivity contribution in [3.8, 4) is 0 Å². The maximum atomic E-state index is 5.39. The van der Waals surface area contributed by atoms with Crippen molar-refractivity contribution < 1.29 is 8.85 Å². The lowest BCUT2D eigenvalue weighted by Gasteiger charge is -1.98. The lowest BCUT2D eigenvalue weighted by molar-refractivity contribution is 0.309. The molecule has 0 bridgehead atoms. The zero-order chi connectivity index (χ0) is 9.23. The largest absolute Gasteiger partial charge is 0.402 e. The lowest BCUT2D eigenvalue weighted by Crippen LogP contribution is -2.16. The van der Waals surface area contributed by atoms with Crippen LogP contribution in [-0.4, -0.2) is 43.9 Å². The first-order chi connectivity index (χ1) is 5.85.